The summed E-state index contributed by atoms with van der Waals surface area (Å²) in [6.07, 6.45) is -1.65. The Morgan fingerprint density at radius 2 is 1.58 bits per heavy atom. The van der Waals surface area contributed by atoms with Gasteiger partial charge in [0.05, 0.1) is 32.7 Å². The highest BCUT2D eigenvalue weighted by molar-refractivity contribution is 7.92. The number of benzene rings is 2. The average molecular weight is 661 g/mol. The SMILES string of the molecule is COc1cccc(-c2nnc(C(CC[Si](C)(C)C)S(=O)(=O)[C@H](C)[C@@H](O)c3ccc(F)cc3F)n2-c2c(OC)cccc2OC)n1. The molecular formula is C31H38F2N4O6SSi. The Morgan fingerprint density at radius 1 is 0.933 bits per heavy atom. The van der Waals surface area contributed by atoms with Gasteiger partial charge in [0.2, 0.25) is 5.88 Å². The fraction of sp³-hybridized carbons (Fsp3) is 0.387. The van der Waals surface area contributed by atoms with Crippen LogP contribution in [0.5, 0.6) is 17.4 Å². The van der Waals surface area contributed by atoms with E-state index in [0.717, 1.165) is 12.1 Å². The quantitative estimate of drug-likeness (QED) is 0.174. The summed E-state index contributed by atoms with van der Waals surface area (Å²) < 4.78 is 75.7. The van der Waals surface area contributed by atoms with Crippen LogP contribution in [0.15, 0.2) is 54.6 Å². The monoisotopic (exact) mass is 660 g/mol. The van der Waals surface area contributed by atoms with Crippen LogP contribution in [-0.2, 0) is 9.84 Å². The molecule has 2 aromatic carbocycles. The van der Waals surface area contributed by atoms with Gasteiger partial charge < -0.3 is 19.3 Å². The second-order valence-corrected chi connectivity index (χ2v) is 19.9. The second kappa shape index (κ2) is 13.6. The second-order valence-electron chi connectivity index (χ2n) is 11.8. The molecule has 242 valence electrons. The van der Waals surface area contributed by atoms with Crippen molar-refractivity contribution in [2.45, 2.75) is 55.6 Å². The molecule has 0 saturated heterocycles. The van der Waals surface area contributed by atoms with Crippen molar-refractivity contribution in [1.29, 1.82) is 0 Å². The Balaban J connectivity index is 2.00. The Labute approximate surface area is 263 Å². The molecule has 0 fully saturated rings. The number of sulfone groups is 1. The van der Waals surface area contributed by atoms with E-state index in [9.17, 15) is 22.3 Å². The summed E-state index contributed by atoms with van der Waals surface area (Å²) in [4.78, 5) is 4.52. The fourth-order valence-corrected chi connectivity index (χ4v) is 8.31. The first kappa shape index (κ1) is 34.0. The van der Waals surface area contributed by atoms with E-state index in [1.165, 1.54) is 28.3 Å². The van der Waals surface area contributed by atoms with Crippen molar-refractivity contribution in [2.24, 2.45) is 0 Å². The molecule has 0 aliphatic heterocycles. The van der Waals surface area contributed by atoms with Gasteiger partial charge in [-0.2, -0.15) is 0 Å². The standard InChI is InChI=1S/C31H38F2N4O6SSi/c1-19(29(38)21-15-14-20(32)18-22(21)33)44(39,40)26(16-17-45(5,6)7)31-36-35-30(23-10-8-13-27(34-23)43-4)37(31)28-24(41-2)11-9-12-25(28)42-3/h8-15,18-19,26,29,38H,16-17H2,1-7H3/t19-,26?,29-/m1/s1. The average Bonchev–Trinajstić information content (AvgIpc) is 3.43. The highest BCUT2D eigenvalue weighted by Crippen LogP contribution is 2.42. The lowest BCUT2D eigenvalue weighted by Gasteiger charge is -2.28. The summed E-state index contributed by atoms with van der Waals surface area (Å²) >= 11 is 0. The van der Waals surface area contributed by atoms with Crippen LogP contribution in [0.4, 0.5) is 8.78 Å². The van der Waals surface area contributed by atoms with E-state index in [0.29, 0.717) is 40.9 Å². The number of aliphatic hydroxyl groups excluding tert-OH is 1. The van der Waals surface area contributed by atoms with E-state index in [-0.39, 0.29) is 23.6 Å². The first-order chi connectivity index (χ1) is 21.2. The molecule has 0 aliphatic carbocycles. The third kappa shape index (κ3) is 7.18. The van der Waals surface area contributed by atoms with E-state index in [4.69, 9.17) is 14.2 Å². The van der Waals surface area contributed by atoms with Crippen molar-refractivity contribution < 1.29 is 36.5 Å². The van der Waals surface area contributed by atoms with Gasteiger partial charge in [0, 0.05) is 25.8 Å². The van der Waals surface area contributed by atoms with E-state index in [1.807, 2.05) is 0 Å². The molecule has 1 unspecified atom stereocenters. The van der Waals surface area contributed by atoms with Crippen LogP contribution in [0, 0.1) is 11.6 Å². The van der Waals surface area contributed by atoms with E-state index < -0.39 is 46.1 Å². The molecule has 0 aliphatic rings. The van der Waals surface area contributed by atoms with E-state index in [1.54, 1.807) is 41.0 Å². The topological polar surface area (TPSA) is 126 Å². The number of hydrogen-bond acceptors (Lipinski definition) is 9. The Kier molecular flexibility index (Phi) is 10.3. The fourth-order valence-electron chi connectivity index (χ4n) is 5.03. The minimum absolute atomic E-state index is 0.0364. The van der Waals surface area contributed by atoms with Gasteiger partial charge in [-0.1, -0.05) is 43.9 Å². The number of methoxy groups -OCH3 is 3. The summed E-state index contributed by atoms with van der Waals surface area (Å²) in [6.45, 7) is 7.65. The Hall–Kier alpha value is -3.88. The maximum atomic E-state index is 14.7. The van der Waals surface area contributed by atoms with E-state index >= 15 is 0 Å². The molecule has 14 heteroatoms. The number of hydrogen-bond donors (Lipinski definition) is 1. The molecule has 10 nitrogen and oxygen atoms in total. The third-order valence-corrected chi connectivity index (χ3v) is 11.9. The summed E-state index contributed by atoms with van der Waals surface area (Å²) in [6, 6.07) is 13.4. The van der Waals surface area contributed by atoms with Crippen molar-refractivity contribution in [3.05, 3.63) is 77.6 Å². The van der Waals surface area contributed by atoms with Crippen LogP contribution in [-0.4, -0.2) is 67.9 Å². The van der Waals surface area contributed by atoms with Crippen LogP contribution >= 0.6 is 0 Å². The zero-order valence-corrected chi connectivity index (χ0v) is 28.1. The molecule has 0 radical (unpaired) electrons. The molecule has 0 amide bonds. The van der Waals surface area contributed by atoms with Crippen LogP contribution < -0.4 is 14.2 Å². The van der Waals surface area contributed by atoms with Crippen LogP contribution in [0.25, 0.3) is 17.2 Å². The van der Waals surface area contributed by atoms with Gasteiger partial charge in [-0.3, -0.25) is 4.57 Å². The number of ether oxygens (including phenoxy) is 3. The maximum absolute atomic E-state index is 14.7. The lowest BCUT2D eigenvalue weighted by atomic mass is 10.1. The largest absolute Gasteiger partial charge is 0.494 e. The minimum atomic E-state index is -4.34. The summed E-state index contributed by atoms with van der Waals surface area (Å²) in [5, 5.41) is 17.2. The van der Waals surface area contributed by atoms with Crippen molar-refractivity contribution in [3.8, 4) is 34.6 Å². The molecule has 45 heavy (non-hydrogen) atoms. The number of rotatable bonds is 13. The van der Waals surface area contributed by atoms with Gasteiger partial charge in [-0.15, -0.1) is 10.2 Å². The van der Waals surface area contributed by atoms with Crippen LogP contribution in [0.3, 0.4) is 0 Å². The van der Waals surface area contributed by atoms with Gasteiger partial charge in [-0.05, 0) is 37.6 Å². The number of aliphatic hydroxyl groups is 1. The Bertz CT molecular complexity index is 1740. The number of halogens is 2. The third-order valence-electron chi connectivity index (χ3n) is 7.56. The molecule has 0 bridgehead atoms. The maximum Gasteiger partial charge on any atom is 0.213 e. The molecule has 0 saturated carbocycles. The van der Waals surface area contributed by atoms with Gasteiger partial charge in [0.25, 0.3) is 0 Å². The summed E-state index contributed by atoms with van der Waals surface area (Å²) in [5.74, 6) is -0.658. The Morgan fingerprint density at radius 3 is 2.16 bits per heavy atom. The molecule has 3 atom stereocenters. The molecule has 4 aromatic rings. The predicted molar refractivity (Wildman–Crippen MR) is 169 cm³/mol. The smallest absolute Gasteiger partial charge is 0.213 e. The lowest BCUT2D eigenvalue weighted by Crippen LogP contribution is -2.33. The zero-order chi connectivity index (χ0) is 33.1. The predicted octanol–water partition coefficient (Wildman–Crippen LogP) is 5.94. The highest BCUT2D eigenvalue weighted by Gasteiger charge is 2.42. The minimum Gasteiger partial charge on any atom is -0.494 e. The molecule has 4 rings (SSSR count). The van der Waals surface area contributed by atoms with Crippen LogP contribution in [0.1, 0.15) is 36.1 Å². The zero-order valence-electron chi connectivity index (χ0n) is 26.3. The molecule has 2 aromatic heterocycles. The van der Waals surface area contributed by atoms with Crippen molar-refractivity contribution in [3.63, 3.8) is 0 Å². The molecule has 0 spiro atoms. The summed E-state index contributed by atoms with van der Waals surface area (Å²) in [7, 11) is -1.76. The normalized spacial score (nSPS) is 14.1. The number of pyridine rings is 1. The first-order valence-electron chi connectivity index (χ1n) is 14.3. The molecular weight excluding hydrogens is 623 g/mol. The number of para-hydroxylation sites is 1. The van der Waals surface area contributed by atoms with E-state index in [2.05, 4.69) is 34.8 Å². The van der Waals surface area contributed by atoms with Gasteiger partial charge in [0.1, 0.15) is 39.8 Å². The molecule has 1 N–H and O–H groups in total. The number of nitrogens with zero attached hydrogens (tertiary/aromatic N) is 4. The van der Waals surface area contributed by atoms with Crippen LogP contribution in [0.2, 0.25) is 25.7 Å². The van der Waals surface area contributed by atoms with Gasteiger partial charge >= 0.3 is 0 Å². The van der Waals surface area contributed by atoms with Crippen molar-refractivity contribution in [2.75, 3.05) is 21.3 Å². The molecule has 2 heterocycles. The number of aromatic nitrogens is 4. The van der Waals surface area contributed by atoms with Crippen molar-refractivity contribution in [1.82, 2.24) is 19.7 Å². The summed E-state index contributed by atoms with van der Waals surface area (Å²) in [5.41, 5.74) is 0.350. The highest BCUT2D eigenvalue weighted by atomic mass is 32.2. The van der Waals surface area contributed by atoms with Crippen molar-refractivity contribution >= 4 is 17.9 Å². The lowest BCUT2D eigenvalue weighted by molar-refractivity contribution is 0.170. The first-order valence-corrected chi connectivity index (χ1v) is 19.6. The van der Waals surface area contributed by atoms with Gasteiger partial charge in [0.15, 0.2) is 21.5 Å². The van der Waals surface area contributed by atoms with Gasteiger partial charge in [-0.25, -0.2) is 22.2 Å².